The van der Waals surface area contributed by atoms with Crippen LogP contribution in [0.2, 0.25) is 5.02 Å². The molecule has 2 heterocycles. The lowest BCUT2D eigenvalue weighted by molar-refractivity contribution is 0.747. The van der Waals surface area contributed by atoms with Crippen molar-refractivity contribution in [3.63, 3.8) is 0 Å². The number of nitriles is 1. The van der Waals surface area contributed by atoms with E-state index in [-0.39, 0.29) is 12.1 Å². The van der Waals surface area contributed by atoms with Crippen molar-refractivity contribution in [3.05, 3.63) is 91.9 Å². The Bertz CT molecular complexity index is 1360. The van der Waals surface area contributed by atoms with Gasteiger partial charge in [-0.2, -0.15) is 10.4 Å². The van der Waals surface area contributed by atoms with Crippen molar-refractivity contribution < 1.29 is 0 Å². The molecule has 0 saturated carbocycles. The molecule has 0 saturated heterocycles. The Kier molecular flexibility index (Phi) is 4.73. The largest absolute Gasteiger partial charge is 0.288 e. The standard InChI is InChI=1S/C23H19ClN4O/c1-14-11-21(29)27(13-18-8-5-4-7-17(18)12-25)23-22(14)16(3)26-28(23)20-10-6-9-19(24)15(20)2/h4-11H,13H2,1-3H3. The van der Waals surface area contributed by atoms with Crippen molar-refractivity contribution in [2.75, 3.05) is 0 Å². The van der Waals surface area contributed by atoms with Crippen LogP contribution < -0.4 is 5.56 Å². The molecule has 0 fully saturated rings. The van der Waals surface area contributed by atoms with E-state index in [1.807, 2.05) is 57.2 Å². The second kappa shape index (κ2) is 7.23. The minimum atomic E-state index is -0.136. The minimum Gasteiger partial charge on any atom is -0.288 e. The number of rotatable bonds is 3. The van der Waals surface area contributed by atoms with Crippen LogP contribution >= 0.6 is 11.6 Å². The van der Waals surface area contributed by atoms with Gasteiger partial charge in [-0.25, -0.2) is 4.68 Å². The third kappa shape index (κ3) is 3.12. The number of hydrogen-bond acceptors (Lipinski definition) is 3. The molecule has 0 aliphatic heterocycles. The molecule has 2 aromatic carbocycles. The number of pyridine rings is 1. The van der Waals surface area contributed by atoms with Gasteiger partial charge in [0.2, 0.25) is 0 Å². The Morgan fingerprint density at radius 2 is 1.86 bits per heavy atom. The first-order chi connectivity index (χ1) is 13.9. The van der Waals surface area contributed by atoms with Crippen molar-refractivity contribution >= 4 is 22.6 Å². The lowest BCUT2D eigenvalue weighted by atomic mass is 10.1. The first-order valence-corrected chi connectivity index (χ1v) is 9.63. The van der Waals surface area contributed by atoms with Gasteiger partial charge < -0.3 is 0 Å². The van der Waals surface area contributed by atoms with Crippen molar-refractivity contribution in [3.8, 4) is 11.8 Å². The summed E-state index contributed by atoms with van der Waals surface area (Å²) in [6.07, 6.45) is 0. The van der Waals surface area contributed by atoms with Crippen LogP contribution in [0.15, 0.2) is 53.3 Å². The maximum absolute atomic E-state index is 13.0. The minimum absolute atomic E-state index is 0.136. The van der Waals surface area contributed by atoms with Gasteiger partial charge in [-0.05, 0) is 55.7 Å². The molecule has 4 rings (SSSR count). The lowest BCUT2D eigenvalue weighted by Gasteiger charge is -2.14. The van der Waals surface area contributed by atoms with Gasteiger partial charge in [0.05, 0.1) is 29.6 Å². The van der Waals surface area contributed by atoms with E-state index >= 15 is 0 Å². The highest BCUT2D eigenvalue weighted by atomic mass is 35.5. The summed E-state index contributed by atoms with van der Waals surface area (Å²) in [4.78, 5) is 13.0. The molecular formula is C23H19ClN4O. The quantitative estimate of drug-likeness (QED) is 0.499. The molecule has 144 valence electrons. The number of halogens is 1. The van der Waals surface area contributed by atoms with Gasteiger partial charge in [0.25, 0.3) is 5.56 Å². The summed E-state index contributed by atoms with van der Waals surface area (Å²) in [6.45, 7) is 6.07. The molecule has 4 aromatic rings. The fourth-order valence-corrected chi connectivity index (χ4v) is 3.92. The second-order valence-electron chi connectivity index (χ2n) is 7.10. The van der Waals surface area contributed by atoms with E-state index < -0.39 is 0 Å². The predicted molar refractivity (Wildman–Crippen MR) is 115 cm³/mol. The van der Waals surface area contributed by atoms with Crippen LogP contribution in [0.25, 0.3) is 16.7 Å². The smallest absolute Gasteiger partial charge is 0.252 e. The third-order valence-corrected chi connectivity index (χ3v) is 5.64. The van der Waals surface area contributed by atoms with E-state index in [9.17, 15) is 10.1 Å². The van der Waals surface area contributed by atoms with Crippen LogP contribution in [-0.4, -0.2) is 14.3 Å². The number of aryl methyl sites for hydroxylation is 2. The van der Waals surface area contributed by atoms with E-state index in [4.69, 9.17) is 16.7 Å². The summed E-state index contributed by atoms with van der Waals surface area (Å²) < 4.78 is 3.47. The van der Waals surface area contributed by atoms with Crippen molar-refractivity contribution in [1.29, 1.82) is 5.26 Å². The van der Waals surface area contributed by atoms with Crippen molar-refractivity contribution in [2.24, 2.45) is 0 Å². The van der Waals surface area contributed by atoms with Gasteiger partial charge in [0.1, 0.15) is 5.65 Å². The first-order valence-electron chi connectivity index (χ1n) is 9.25. The summed E-state index contributed by atoms with van der Waals surface area (Å²) in [7, 11) is 0. The van der Waals surface area contributed by atoms with Gasteiger partial charge in [-0.15, -0.1) is 0 Å². The monoisotopic (exact) mass is 402 g/mol. The molecule has 0 bridgehead atoms. The number of aromatic nitrogens is 3. The van der Waals surface area contributed by atoms with Crippen molar-refractivity contribution in [1.82, 2.24) is 14.3 Å². The van der Waals surface area contributed by atoms with Gasteiger partial charge in [0, 0.05) is 16.5 Å². The van der Waals surface area contributed by atoms with Gasteiger partial charge >= 0.3 is 0 Å². The van der Waals surface area contributed by atoms with Crippen LogP contribution in [0.3, 0.4) is 0 Å². The number of fused-ring (bicyclic) bond motifs is 1. The zero-order chi connectivity index (χ0) is 20.7. The Morgan fingerprint density at radius 3 is 2.62 bits per heavy atom. The van der Waals surface area contributed by atoms with Gasteiger partial charge in [-0.3, -0.25) is 9.36 Å². The van der Waals surface area contributed by atoms with Crippen LogP contribution in [0.4, 0.5) is 0 Å². The zero-order valence-electron chi connectivity index (χ0n) is 16.4. The van der Waals surface area contributed by atoms with Crippen LogP contribution in [0.5, 0.6) is 0 Å². The van der Waals surface area contributed by atoms with E-state index in [0.717, 1.165) is 33.5 Å². The molecule has 0 spiro atoms. The van der Waals surface area contributed by atoms with E-state index in [0.29, 0.717) is 16.2 Å². The topological polar surface area (TPSA) is 63.6 Å². The maximum atomic E-state index is 13.0. The third-order valence-electron chi connectivity index (χ3n) is 5.23. The average molecular weight is 403 g/mol. The fourth-order valence-electron chi connectivity index (χ4n) is 3.75. The number of benzene rings is 2. The second-order valence-corrected chi connectivity index (χ2v) is 7.51. The lowest BCUT2D eigenvalue weighted by Crippen LogP contribution is -2.23. The molecule has 0 radical (unpaired) electrons. The molecule has 0 N–H and O–H groups in total. The number of hydrogen-bond donors (Lipinski definition) is 0. The normalized spacial score (nSPS) is 11.0. The summed E-state index contributed by atoms with van der Waals surface area (Å²) in [5, 5.41) is 15.8. The number of nitrogens with zero attached hydrogens (tertiary/aromatic N) is 4. The highest BCUT2D eigenvalue weighted by molar-refractivity contribution is 6.31. The summed E-state index contributed by atoms with van der Waals surface area (Å²) in [5.41, 5.74) is 5.32. The zero-order valence-corrected chi connectivity index (χ0v) is 17.2. The molecule has 0 aliphatic rings. The van der Waals surface area contributed by atoms with Gasteiger partial charge in [-0.1, -0.05) is 35.9 Å². The summed E-state index contributed by atoms with van der Waals surface area (Å²) >= 11 is 6.35. The average Bonchev–Trinajstić information content (AvgIpc) is 3.05. The summed E-state index contributed by atoms with van der Waals surface area (Å²) in [5.74, 6) is 0. The predicted octanol–water partition coefficient (Wildman–Crippen LogP) is 4.69. The van der Waals surface area contributed by atoms with Crippen LogP contribution in [-0.2, 0) is 6.54 Å². The van der Waals surface area contributed by atoms with E-state index in [1.165, 1.54) is 0 Å². The Morgan fingerprint density at radius 1 is 1.10 bits per heavy atom. The molecule has 6 heteroatoms. The molecule has 29 heavy (non-hydrogen) atoms. The molecule has 0 amide bonds. The summed E-state index contributed by atoms with van der Waals surface area (Å²) in [6, 6.07) is 16.8. The molecule has 0 atom stereocenters. The SMILES string of the molecule is Cc1c(Cl)cccc1-n1nc(C)c2c(C)cc(=O)n(Cc3ccccc3C#N)c21. The molecule has 0 unspecified atom stereocenters. The molecule has 0 aliphatic carbocycles. The van der Waals surface area contributed by atoms with Crippen LogP contribution in [0.1, 0.15) is 27.9 Å². The Balaban J connectivity index is 2.07. The van der Waals surface area contributed by atoms with Crippen LogP contribution in [0, 0.1) is 32.1 Å². The highest BCUT2D eigenvalue weighted by Gasteiger charge is 2.19. The van der Waals surface area contributed by atoms with Crippen molar-refractivity contribution in [2.45, 2.75) is 27.3 Å². The van der Waals surface area contributed by atoms with E-state index in [2.05, 4.69) is 6.07 Å². The Labute approximate surface area is 173 Å². The highest BCUT2D eigenvalue weighted by Crippen LogP contribution is 2.28. The Hall–Kier alpha value is -3.36. The van der Waals surface area contributed by atoms with E-state index in [1.54, 1.807) is 21.4 Å². The fraction of sp³-hybridized carbons (Fsp3) is 0.174. The molecular weight excluding hydrogens is 384 g/mol. The first kappa shape index (κ1) is 19.0. The van der Waals surface area contributed by atoms with Gasteiger partial charge in [0.15, 0.2) is 0 Å². The molecule has 2 aromatic heterocycles. The molecule has 5 nitrogen and oxygen atoms in total. The maximum Gasteiger partial charge on any atom is 0.252 e.